The highest BCUT2D eigenvalue weighted by molar-refractivity contribution is 6.34. The summed E-state index contributed by atoms with van der Waals surface area (Å²) in [7, 11) is 0. The Kier molecular flexibility index (Phi) is 4.11. The number of benzene rings is 3. The summed E-state index contributed by atoms with van der Waals surface area (Å²) < 4.78 is 1.69. The number of hydrogen-bond donors (Lipinski definition) is 0. The van der Waals surface area contributed by atoms with Gasteiger partial charge in [-0.15, -0.1) is 0 Å². The van der Waals surface area contributed by atoms with Gasteiger partial charge < -0.3 is 4.84 Å². The lowest BCUT2D eigenvalue weighted by atomic mass is 10.1. The van der Waals surface area contributed by atoms with Crippen molar-refractivity contribution in [1.29, 1.82) is 0 Å². The summed E-state index contributed by atoms with van der Waals surface area (Å²) >= 11 is 6.31. The molecule has 0 fully saturated rings. The molecule has 0 atom stereocenters. The molecule has 8 heteroatoms. The van der Waals surface area contributed by atoms with Gasteiger partial charge in [-0.2, -0.15) is 5.10 Å². The maximum absolute atomic E-state index is 12.6. The lowest BCUT2D eigenvalue weighted by Crippen LogP contribution is -2.32. The van der Waals surface area contributed by atoms with Crippen LogP contribution in [0.2, 0.25) is 5.02 Å². The molecule has 0 N–H and O–H groups in total. The highest BCUT2D eigenvalue weighted by Crippen LogP contribution is 2.27. The van der Waals surface area contributed by atoms with Crippen molar-refractivity contribution in [3.63, 3.8) is 0 Å². The van der Waals surface area contributed by atoms with Crippen molar-refractivity contribution in [2.75, 3.05) is 0 Å². The molecule has 0 unspecified atom stereocenters. The summed E-state index contributed by atoms with van der Waals surface area (Å²) in [6, 6.07) is 18.6. The van der Waals surface area contributed by atoms with E-state index in [1.807, 2.05) is 24.3 Å². The Morgan fingerprint density at radius 1 is 0.900 bits per heavy atom. The second kappa shape index (κ2) is 6.82. The third kappa shape index (κ3) is 2.75. The van der Waals surface area contributed by atoms with Crippen molar-refractivity contribution in [2.24, 2.45) is 0 Å². The van der Waals surface area contributed by atoms with Gasteiger partial charge in [0.05, 0.1) is 39.1 Å². The number of nitrogens with zero attached hydrogens (tertiary/aromatic N) is 3. The first kappa shape index (κ1) is 18.1. The van der Waals surface area contributed by atoms with Gasteiger partial charge in [-0.05, 0) is 36.4 Å². The molecule has 1 aromatic heterocycles. The number of amides is 2. The summed E-state index contributed by atoms with van der Waals surface area (Å²) in [6.45, 7) is 0. The van der Waals surface area contributed by atoms with Crippen LogP contribution in [-0.2, 0) is 4.84 Å². The van der Waals surface area contributed by atoms with Crippen LogP contribution in [0.25, 0.3) is 16.6 Å². The van der Waals surface area contributed by atoms with Crippen LogP contribution in [-0.4, -0.2) is 32.6 Å². The molecule has 0 radical (unpaired) electrons. The van der Waals surface area contributed by atoms with Crippen LogP contribution in [0.4, 0.5) is 0 Å². The lowest BCUT2D eigenvalue weighted by molar-refractivity contribution is -0.0584. The second-order valence-electron chi connectivity index (χ2n) is 6.61. The second-order valence-corrected chi connectivity index (χ2v) is 7.02. The molecule has 3 aromatic carbocycles. The Labute approximate surface area is 175 Å². The molecule has 0 spiro atoms. The van der Waals surface area contributed by atoms with Crippen LogP contribution in [0.3, 0.4) is 0 Å². The monoisotopic (exact) mass is 417 g/mol. The van der Waals surface area contributed by atoms with E-state index < -0.39 is 17.8 Å². The first-order valence-corrected chi connectivity index (χ1v) is 9.35. The topological polar surface area (TPSA) is 81.5 Å². The SMILES string of the molecule is O=C(ON1C(=O)c2ccccc2C1=O)c1ccc(-n2ncc3ccccc32)cc1Cl. The number of para-hydroxylation sites is 1. The molecule has 30 heavy (non-hydrogen) atoms. The third-order valence-corrected chi connectivity index (χ3v) is 5.14. The Hall–Kier alpha value is -3.97. The van der Waals surface area contributed by atoms with Gasteiger partial charge in [-0.3, -0.25) is 9.59 Å². The average Bonchev–Trinajstić information content (AvgIpc) is 3.29. The molecule has 1 aliphatic heterocycles. The van der Waals surface area contributed by atoms with Crippen molar-refractivity contribution >= 4 is 40.3 Å². The van der Waals surface area contributed by atoms with Crippen molar-refractivity contribution in [1.82, 2.24) is 14.8 Å². The molecule has 0 aliphatic carbocycles. The van der Waals surface area contributed by atoms with Gasteiger partial charge in [0.25, 0.3) is 11.8 Å². The van der Waals surface area contributed by atoms with E-state index in [4.69, 9.17) is 16.4 Å². The maximum Gasteiger partial charge on any atom is 0.365 e. The van der Waals surface area contributed by atoms with E-state index in [2.05, 4.69) is 5.10 Å². The standard InChI is InChI=1S/C22H12ClN3O4/c23-18-11-14(25-19-8-4-1-5-13(19)12-24-25)9-10-17(18)22(29)30-26-20(27)15-6-2-3-7-16(15)21(26)28/h1-12H. The van der Waals surface area contributed by atoms with Crippen LogP contribution in [0.5, 0.6) is 0 Å². The summed E-state index contributed by atoms with van der Waals surface area (Å²) in [4.78, 5) is 42.4. The van der Waals surface area contributed by atoms with Gasteiger partial charge in [0, 0.05) is 5.39 Å². The highest BCUT2D eigenvalue weighted by atomic mass is 35.5. The van der Waals surface area contributed by atoms with Gasteiger partial charge >= 0.3 is 5.97 Å². The summed E-state index contributed by atoms with van der Waals surface area (Å²) in [5, 5.41) is 5.87. The predicted molar refractivity (Wildman–Crippen MR) is 108 cm³/mol. The molecule has 4 aromatic rings. The van der Waals surface area contributed by atoms with Crippen molar-refractivity contribution in [3.8, 4) is 5.69 Å². The molecule has 5 rings (SSSR count). The minimum atomic E-state index is -0.911. The number of hydrogen-bond acceptors (Lipinski definition) is 5. The van der Waals surface area contributed by atoms with E-state index in [1.54, 1.807) is 35.1 Å². The van der Waals surface area contributed by atoms with Crippen molar-refractivity contribution in [3.05, 3.63) is 94.6 Å². The fourth-order valence-corrected chi connectivity index (χ4v) is 3.61. The third-order valence-electron chi connectivity index (χ3n) is 4.83. The zero-order valence-corrected chi connectivity index (χ0v) is 16.0. The summed E-state index contributed by atoms with van der Waals surface area (Å²) in [5.74, 6) is -2.30. The Balaban J connectivity index is 1.42. The number of halogens is 1. The number of carbonyl (C=O) groups is 3. The Morgan fingerprint density at radius 3 is 2.27 bits per heavy atom. The first-order chi connectivity index (χ1) is 14.5. The normalized spacial score (nSPS) is 13.0. The average molecular weight is 418 g/mol. The molecule has 0 bridgehead atoms. The van der Waals surface area contributed by atoms with E-state index in [0.717, 1.165) is 10.9 Å². The molecule has 146 valence electrons. The lowest BCUT2D eigenvalue weighted by Gasteiger charge is -2.14. The molecule has 2 amide bonds. The molecule has 7 nitrogen and oxygen atoms in total. The zero-order valence-electron chi connectivity index (χ0n) is 15.3. The molecule has 0 saturated carbocycles. The van der Waals surface area contributed by atoms with Crippen LogP contribution in [0.15, 0.2) is 72.9 Å². The van der Waals surface area contributed by atoms with E-state index in [-0.39, 0.29) is 21.7 Å². The van der Waals surface area contributed by atoms with E-state index in [1.165, 1.54) is 18.2 Å². The number of imide groups is 1. The fraction of sp³-hybridized carbons (Fsp3) is 0. The molecular weight excluding hydrogens is 406 g/mol. The smallest absolute Gasteiger partial charge is 0.324 e. The number of fused-ring (bicyclic) bond motifs is 2. The van der Waals surface area contributed by atoms with Crippen LogP contribution in [0.1, 0.15) is 31.1 Å². The van der Waals surface area contributed by atoms with Crippen LogP contribution >= 0.6 is 11.6 Å². The highest BCUT2D eigenvalue weighted by Gasteiger charge is 2.39. The number of aromatic nitrogens is 2. The molecule has 2 heterocycles. The maximum atomic E-state index is 12.6. The predicted octanol–water partition coefficient (Wildman–Crippen LogP) is 4.05. The first-order valence-electron chi connectivity index (χ1n) is 8.97. The van der Waals surface area contributed by atoms with E-state index in [0.29, 0.717) is 10.8 Å². The van der Waals surface area contributed by atoms with Gasteiger partial charge in [0.15, 0.2) is 0 Å². The molecular formula is C22H12ClN3O4. The quantitative estimate of drug-likeness (QED) is 0.470. The Morgan fingerprint density at radius 2 is 1.57 bits per heavy atom. The summed E-state index contributed by atoms with van der Waals surface area (Å²) in [6.07, 6.45) is 1.73. The van der Waals surface area contributed by atoms with Gasteiger partial charge in [0.1, 0.15) is 0 Å². The van der Waals surface area contributed by atoms with Crippen LogP contribution in [0, 0.1) is 0 Å². The largest absolute Gasteiger partial charge is 0.365 e. The van der Waals surface area contributed by atoms with Gasteiger partial charge in [0.2, 0.25) is 0 Å². The van der Waals surface area contributed by atoms with E-state index >= 15 is 0 Å². The summed E-state index contributed by atoms with van der Waals surface area (Å²) in [5.41, 5.74) is 1.92. The minimum Gasteiger partial charge on any atom is -0.324 e. The van der Waals surface area contributed by atoms with Gasteiger partial charge in [-0.25, -0.2) is 9.48 Å². The zero-order chi connectivity index (χ0) is 20.8. The number of hydroxylamine groups is 2. The minimum absolute atomic E-state index is 0.0217. The van der Waals surface area contributed by atoms with Crippen LogP contribution < -0.4 is 0 Å². The van der Waals surface area contributed by atoms with E-state index in [9.17, 15) is 14.4 Å². The fourth-order valence-electron chi connectivity index (χ4n) is 3.36. The molecule has 0 saturated heterocycles. The van der Waals surface area contributed by atoms with Gasteiger partial charge in [-0.1, -0.05) is 47.0 Å². The molecule has 1 aliphatic rings. The number of rotatable bonds is 3. The van der Waals surface area contributed by atoms with Crippen molar-refractivity contribution in [2.45, 2.75) is 0 Å². The Bertz CT molecular complexity index is 1330. The van der Waals surface area contributed by atoms with Crippen molar-refractivity contribution < 1.29 is 19.2 Å². The number of carbonyl (C=O) groups excluding carboxylic acids is 3.